The fourth-order valence-corrected chi connectivity index (χ4v) is 4.03. The molecule has 0 saturated carbocycles. The van der Waals surface area contributed by atoms with Crippen molar-refractivity contribution < 1.29 is 9.53 Å². The lowest BCUT2D eigenvalue weighted by Gasteiger charge is -2.09. The number of aryl methyl sites for hydroxylation is 1. The summed E-state index contributed by atoms with van der Waals surface area (Å²) in [4.78, 5) is 17.2. The largest absolute Gasteiger partial charge is 0.497 e. The molecule has 1 aromatic heterocycles. The van der Waals surface area contributed by atoms with E-state index in [0.29, 0.717) is 12.8 Å². The van der Waals surface area contributed by atoms with Gasteiger partial charge in [-0.1, -0.05) is 36.4 Å². The average Bonchev–Trinajstić information content (AvgIpc) is 3.17. The van der Waals surface area contributed by atoms with E-state index in [9.17, 15) is 4.79 Å². The number of aromatic nitrogens is 1. The number of benzene rings is 3. The summed E-state index contributed by atoms with van der Waals surface area (Å²) in [5.41, 5.74) is 3.82. The van der Waals surface area contributed by atoms with E-state index in [1.165, 1.54) is 0 Å². The molecule has 0 saturated heterocycles. The number of hydrogen-bond acceptors (Lipinski definition) is 4. The van der Waals surface area contributed by atoms with E-state index >= 15 is 0 Å². The highest BCUT2D eigenvalue weighted by Crippen LogP contribution is 2.34. The van der Waals surface area contributed by atoms with E-state index in [4.69, 9.17) is 9.72 Å². The molecule has 0 aliphatic rings. The molecule has 28 heavy (non-hydrogen) atoms. The van der Waals surface area contributed by atoms with Gasteiger partial charge in [-0.05, 0) is 48.4 Å². The van der Waals surface area contributed by atoms with Gasteiger partial charge < -0.3 is 10.1 Å². The molecular weight excluding hydrogens is 368 g/mol. The Morgan fingerprint density at radius 1 is 1.00 bits per heavy atom. The molecule has 0 bridgehead atoms. The van der Waals surface area contributed by atoms with Gasteiger partial charge in [0.1, 0.15) is 10.8 Å². The second-order valence-corrected chi connectivity index (χ2v) is 7.46. The van der Waals surface area contributed by atoms with Crippen molar-refractivity contribution in [2.75, 3.05) is 12.4 Å². The molecule has 0 atom stereocenters. The molecule has 0 fully saturated rings. The van der Waals surface area contributed by atoms with Crippen LogP contribution in [0.4, 0.5) is 5.69 Å². The van der Waals surface area contributed by atoms with Crippen LogP contribution in [0, 0.1) is 0 Å². The Balaban J connectivity index is 1.47. The maximum absolute atomic E-state index is 12.5. The third-order valence-corrected chi connectivity index (χ3v) is 5.59. The van der Waals surface area contributed by atoms with Crippen molar-refractivity contribution >= 4 is 33.1 Å². The van der Waals surface area contributed by atoms with E-state index < -0.39 is 0 Å². The second-order valence-electron chi connectivity index (χ2n) is 6.43. The van der Waals surface area contributed by atoms with Crippen LogP contribution in [-0.4, -0.2) is 18.0 Å². The summed E-state index contributed by atoms with van der Waals surface area (Å²) in [6.45, 7) is 0. The van der Waals surface area contributed by atoms with Gasteiger partial charge in [-0.2, -0.15) is 0 Å². The fraction of sp³-hybridized carbons (Fsp3) is 0.130. The molecule has 3 aromatic carbocycles. The molecule has 0 radical (unpaired) electrons. The predicted octanol–water partition coefficient (Wildman–Crippen LogP) is 5.54. The van der Waals surface area contributed by atoms with Crippen molar-refractivity contribution in [3.05, 3.63) is 78.4 Å². The second kappa shape index (κ2) is 8.23. The van der Waals surface area contributed by atoms with E-state index in [0.717, 1.165) is 37.8 Å². The van der Waals surface area contributed by atoms with Gasteiger partial charge in [-0.25, -0.2) is 4.98 Å². The topological polar surface area (TPSA) is 51.2 Å². The number of nitrogens with one attached hydrogen (secondary N) is 1. The van der Waals surface area contributed by atoms with Crippen LogP contribution in [0.25, 0.3) is 20.8 Å². The van der Waals surface area contributed by atoms with Gasteiger partial charge in [-0.15, -0.1) is 11.3 Å². The molecule has 1 N–H and O–H groups in total. The van der Waals surface area contributed by atoms with Gasteiger partial charge in [0, 0.05) is 12.0 Å². The van der Waals surface area contributed by atoms with Crippen LogP contribution in [0.2, 0.25) is 0 Å². The molecule has 4 nitrogen and oxygen atoms in total. The van der Waals surface area contributed by atoms with Crippen molar-refractivity contribution in [1.29, 1.82) is 0 Å². The Morgan fingerprint density at radius 3 is 2.54 bits per heavy atom. The van der Waals surface area contributed by atoms with Crippen LogP contribution in [0.5, 0.6) is 5.75 Å². The first-order valence-corrected chi connectivity index (χ1v) is 9.92. The minimum Gasteiger partial charge on any atom is -0.497 e. The number of carbonyl (C=O) groups excluding carboxylic acids is 1. The number of para-hydroxylation sites is 2. The standard InChI is InChI=1S/C23H20N2O2S/c1-27-17-13-10-16(11-14-17)12-15-22(26)24-19-7-3-2-6-18(19)23-25-20-8-4-5-9-21(20)28-23/h2-11,13-14H,12,15H2,1H3,(H,24,26). The number of carbonyl (C=O) groups is 1. The summed E-state index contributed by atoms with van der Waals surface area (Å²) in [5.74, 6) is 0.808. The van der Waals surface area contributed by atoms with Crippen LogP contribution >= 0.6 is 11.3 Å². The summed E-state index contributed by atoms with van der Waals surface area (Å²) < 4.78 is 6.30. The van der Waals surface area contributed by atoms with E-state index in [-0.39, 0.29) is 5.91 Å². The Morgan fingerprint density at radius 2 is 1.75 bits per heavy atom. The monoisotopic (exact) mass is 388 g/mol. The number of ether oxygens (including phenoxy) is 1. The molecule has 140 valence electrons. The molecule has 4 rings (SSSR count). The van der Waals surface area contributed by atoms with Gasteiger partial charge >= 0.3 is 0 Å². The van der Waals surface area contributed by atoms with E-state index in [2.05, 4.69) is 11.4 Å². The Hall–Kier alpha value is -3.18. The molecule has 1 heterocycles. The lowest BCUT2D eigenvalue weighted by Crippen LogP contribution is -2.13. The summed E-state index contributed by atoms with van der Waals surface area (Å²) >= 11 is 1.63. The predicted molar refractivity (Wildman–Crippen MR) is 115 cm³/mol. The summed E-state index contributed by atoms with van der Waals surface area (Å²) in [6, 6.07) is 23.7. The Labute approximate surface area is 167 Å². The number of anilines is 1. The van der Waals surface area contributed by atoms with Gasteiger partial charge in [0.25, 0.3) is 0 Å². The van der Waals surface area contributed by atoms with Crippen LogP contribution in [0.3, 0.4) is 0 Å². The van der Waals surface area contributed by atoms with E-state index in [1.54, 1.807) is 18.4 Å². The highest BCUT2D eigenvalue weighted by molar-refractivity contribution is 7.21. The normalized spacial score (nSPS) is 10.8. The maximum atomic E-state index is 12.5. The number of thiazole rings is 1. The van der Waals surface area contributed by atoms with Gasteiger partial charge in [-0.3, -0.25) is 4.79 Å². The Bertz CT molecular complexity index is 1070. The fourth-order valence-electron chi connectivity index (χ4n) is 3.03. The highest BCUT2D eigenvalue weighted by Gasteiger charge is 2.12. The zero-order valence-corrected chi connectivity index (χ0v) is 16.3. The number of hydrogen-bond donors (Lipinski definition) is 1. The van der Waals surface area contributed by atoms with Crippen molar-refractivity contribution in [2.45, 2.75) is 12.8 Å². The summed E-state index contributed by atoms with van der Waals surface area (Å²) in [5, 5.41) is 3.96. The van der Waals surface area contributed by atoms with Gasteiger partial charge in [0.15, 0.2) is 0 Å². The number of amides is 1. The van der Waals surface area contributed by atoms with Crippen LogP contribution < -0.4 is 10.1 Å². The molecule has 1 amide bonds. The van der Waals surface area contributed by atoms with Crippen molar-refractivity contribution in [3.8, 4) is 16.3 Å². The smallest absolute Gasteiger partial charge is 0.224 e. The maximum Gasteiger partial charge on any atom is 0.224 e. The zero-order chi connectivity index (χ0) is 19.3. The summed E-state index contributed by atoms with van der Waals surface area (Å²) in [6.07, 6.45) is 1.10. The first-order chi connectivity index (χ1) is 13.7. The summed E-state index contributed by atoms with van der Waals surface area (Å²) in [7, 11) is 1.64. The van der Waals surface area contributed by atoms with E-state index in [1.807, 2.05) is 66.7 Å². The molecule has 0 spiro atoms. The number of methoxy groups -OCH3 is 1. The third kappa shape index (κ3) is 4.05. The molecular formula is C23H20N2O2S. The highest BCUT2D eigenvalue weighted by atomic mass is 32.1. The molecule has 4 aromatic rings. The number of fused-ring (bicyclic) bond motifs is 1. The Kier molecular flexibility index (Phi) is 5.35. The van der Waals surface area contributed by atoms with Crippen molar-refractivity contribution in [1.82, 2.24) is 4.98 Å². The molecule has 0 aliphatic carbocycles. The SMILES string of the molecule is COc1ccc(CCC(=O)Nc2ccccc2-c2nc3ccccc3s2)cc1. The molecule has 0 aliphatic heterocycles. The van der Waals surface area contributed by atoms with Crippen molar-refractivity contribution in [3.63, 3.8) is 0 Å². The van der Waals surface area contributed by atoms with Crippen molar-refractivity contribution in [2.24, 2.45) is 0 Å². The van der Waals surface area contributed by atoms with Crippen LogP contribution in [0.15, 0.2) is 72.8 Å². The van der Waals surface area contributed by atoms with Crippen LogP contribution in [0.1, 0.15) is 12.0 Å². The quantitative estimate of drug-likeness (QED) is 0.472. The van der Waals surface area contributed by atoms with Crippen LogP contribution in [-0.2, 0) is 11.2 Å². The minimum atomic E-state index is -0.00983. The minimum absolute atomic E-state index is 0.00983. The van der Waals surface area contributed by atoms with Gasteiger partial charge in [0.2, 0.25) is 5.91 Å². The zero-order valence-electron chi connectivity index (χ0n) is 15.5. The average molecular weight is 388 g/mol. The molecule has 0 unspecified atom stereocenters. The third-order valence-electron chi connectivity index (χ3n) is 4.53. The van der Waals surface area contributed by atoms with Gasteiger partial charge in [0.05, 0.1) is 23.0 Å². The lowest BCUT2D eigenvalue weighted by molar-refractivity contribution is -0.116. The number of nitrogens with zero attached hydrogens (tertiary/aromatic N) is 1. The first-order valence-electron chi connectivity index (χ1n) is 9.11. The lowest BCUT2D eigenvalue weighted by atomic mass is 10.1. The molecule has 5 heteroatoms. The number of rotatable bonds is 6. The first kappa shape index (κ1) is 18.2.